The summed E-state index contributed by atoms with van der Waals surface area (Å²) in [6, 6.07) is 5.84. The van der Waals surface area contributed by atoms with Crippen molar-refractivity contribution in [2.45, 2.75) is 18.8 Å². The van der Waals surface area contributed by atoms with Gasteiger partial charge in [-0.2, -0.15) is 4.98 Å². The highest BCUT2D eigenvalue weighted by Crippen LogP contribution is 2.42. The molecule has 0 aliphatic heterocycles. The van der Waals surface area contributed by atoms with Crippen LogP contribution in [-0.4, -0.2) is 25.1 Å². The van der Waals surface area contributed by atoms with Crippen molar-refractivity contribution in [2.24, 2.45) is 0 Å². The van der Waals surface area contributed by atoms with Crippen LogP contribution in [0.3, 0.4) is 0 Å². The SMILES string of the molecule is c1nc2ccc(-c3noc(-c4csc(C5CC5)n4)n3)cc2[nH]1. The Labute approximate surface area is 129 Å². The minimum Gasteiger partial charge on any atom is -0.345 e. The highest BCUT2D eigenvalue weighted by atomic mass is 32.1. The summed E-state index contributed by atoms with van der Waals surface area (Å²) in [4.78, 5) is 16.4. The Bertz CT molecular complexity index is 965. The third-order valence-corrected chi connectivity index (χ3v) is 4.78. The summed E-state index contributed by atoms with van der Waals surface area (Å²) in [6.07, 6.45) is 4.16. The first-order valence-electron chi connectivity index (χ1n) is 7.10. The first kappa shape index (κ1) is 12.0. The van der Waals surface area contributed by atoms with Gasteiger partial charge in [-0.1, -0.05) is 5.16 Å². The van der Waals surface area contributed by atoms with Crippen molar-refractivity contribution in [3.05, 3.63) is 34.9 Å². The summed E-state index contributed by atoms with van der Waals surface area (Å²) in [7, 11) is 0. The normalized spacial score (nSPS) is 14.7. The quantitative estimate of drug-likeness (QED) is 0.625. The molecule has 0 bridgehead atoms. The molecule has 0 amide bonds. The first-order chi connectivity index (χ1) is 10.9. The molecule has 1 saturated carbocycles. The fourth-order valence-corrected chi connectivity index (χ4v) is 3.39. The molecule has 1 aromatic carbocycles. The number of nitrogens with zero attached hydrogens (tertiary/aromatic N) is 4. The van der Waals surface area contributed by atoms with Crippen molar-refractivity contribution in [2.75, 3.05) is 0 Å². The van der Waals surface area contributed by atoms with E-state index in [4.69, 9.17) is 4.52 Å². The monoisotopic (exact) mass is 309 g/mol. The first-order valence-corrected chi connectivity index (χ1v) is 7.98. The zero-order chi connectivity index (χ0) is 14.5. The van der Waals surface area contributed by atoms with Gasteiger partial charge in [-0.15, -0.1) is 11.3 Å². The van der Waals surface area contributed by atoms with E-state index in [1.165, 1.54) is 17.8 Å². The van der Waals surface area contributed by atoms with Crippen LogP contribution in [0.1, 0.15) is 23.8 Å². The van der Waals surface area contributed by atoms with Crippen LogP contribution in [0, 0.1) is 0 Å². The minimum atomic E-state index is 0.475. The molecular formula is C15H11N5OS. The fourth-order valence-electron chi connectivity index (χ4n) is 2.42. The molecule has 1 aliphatic carbocycles. The largest absolute Gasteiger partial charge is 0.345 e. The summed E-state index contributed by atoms with van der Waals surface area (Å²) >= 11 is 1.67. The lowest BCUT2D eigenvalue weighted by atomic mass is 10.2. The van der Waals surface area contributed by atoms with E-state index in [1.54, 1.807) is 17.7 Å². The van der Waals surface area contributed by atoms with Gasteiger partial charge in [0.2, 0.25) is 5.82 Å². The van der Waals surface area contributed by atoms with E-state index in [2.05, 4.69) is 25.1 Å². The Hall–Kier alpha value is -2.54. The van der Waals surface area contributed by atoms with Crippen LogP contribution >= 0.6 is 11.3 Å². The number of aromatic amines is 1. The van der Waals surface area contributed by atoms with Crippen molar-refractivity contribution >= 4 is 22.4 Å². The van der Waals surface area contributed by atoms with Crippen LogP contribution in [0.15, 0.2) is 34.4 Å². The molecule has 22 heavy (non-hydrogen) atoms. The summed E-state index contributed by atoms with van der Waals surface area (Å²) in [5.41, 5.74) is 3.53. The lowest BCUT2D eigenvalue weighted by Crippen LogP contribution is -1.83. The standard InChI is InChI=1S/C15H11N5OS/c1-2-8(1)15-18-12(6-22-15)14-19-13(20-21-14)9-3-4-10-11(5-9)17-7-16-10/h3-8H,1-2H2,(H,16,17). The van der Waals surface area contributed by atoms with E-state index < -0.39 is 0 Å². The second-order valence-electron chi connectivity index (χ2n) is 5.40. The summed E-state index contributed by atoms with van der Waals surface area (Å²) < 4.78 is 5.37. The van der Waals surface area contributed by atoms with Crippen LogP contribution in [0.4, 0.5) is 0 Å². The van der Waals surface area contributed by atoms with Gasteiger partial charge < -0.3 is 9.51 Å². The number of hydrogen-bond acceptors (Lipinski definition) is 6. The molecule has 7 heteroatoms. The molecule has 0 saturated heterocycles. The van der Waals surface area contributed by atoms with E-state index in [-0.39, 0.29) is 0 Å². The molecule has 0 atom stereocenters. The van der Waals surface area contributed by atoms with E-state index in [0.29, 0.717) is 17.6 Å². The van der Waals surface area contributed by atoms with Crippen molar-refractivity contribution in [1.29, 1.82) is 0 Å². The molecule has 0 spiro atoms. The highest BCUT2D eigenvalue weighted by molar-refractivity contribution is 7.10. The Morgan fingerprint density at radius 1 is 1.23 bits per heavy atom. The number of hydrogen-bond donors (Lipinski definition) is 1. The van der Waals surface area contributed by atoms with Gasteiger partial charge in [0.15, 0.2) is 0 Å². The van der Waals surface area contributed by atoms with Crippen molar-refractivity contribution in [3.63, 3.8) is 0 Å². The number of fused-ring (bicyclic) bond motifs is 1. The van der Waals surface area contributed by atoms with Gasteiger partial charge in [0.25, 0.3) is 5.89 Å². The molecule has 1 N–H and O–H groups in total. The number of benzene rings is 1. The second-order valence-corrected chi connectivity index (χ2v) is 6.29. The fraction of sp³-hybridized carbons (Fsp3) is 0.200. The Morgan fingerprint density at radius 2 is 2.18 bits per heavy atom. The van der Waals surface area contributed by atoms with Crippen molar-refractivity contribution in [1.82, 2.24) is 25.1 Å². The predicted octanol–water partition coefficient (Wildman–Crippen LogP) is 3.61. The van der Waals surface area contributed by atoms with Crippen molar-refractivity contribution < 1.29 is 4.52 Å². The maximum Gasteiger partial charge on any atom is 0.277 e. The second kappa shape index (κ2) is 4.48. The number of thiazole rings is 1. The number of aromatic nitrogens is 5. The Kier molecular flexibility index (Phi) is 2.45. The van der Waals surface area contributed by atoms with Gasteiger partial charge in [-0.05, 0) is 31.0 Å². The lowest BCUT2D eigenvalue weighted by Gasteiger charge is -1.93. The van der Waals surface area contributed by atoms with E-state index in [1.807, 2.05) is 23.6 Å². The van der Waals surface area contributed by atoms with E-state index in [9.17, 15) is 0 Å². The third kappa shape index (κ3) is 1.93. The minimum absolute atomic E-state index is 0.475. The molecule has 4 aromatic rings. The summed E-state index contributed by atoms with van der Waals surface area (Å²) in [5, 5.41) is 7.23. The van der Waals surface area contributed by atoms with Crippen LogP contribution in [-0.2, 0) is 0 Å². The molecule has 0 unspecified atom stereocenters. The molecule has 6 nitrogen and oxygen atoms in total. The Morgan fingerprint density at radius 3 is 3.09 bits per heavy atom. The smallest absolute Gasteiger partial charge is 0.277 e. The zero-order valence-electron chi connectivity index (χ0n) is 11.5. The predicted molar refractivity (Wildman–Crippen MR) is 82.5 cm³/mol. The molecule has 1 aliphatic rings. The Balaban J connectivity index is 1.51. The molecular weight excluding hydrogens is 298 g/mol. The zero-order valence-corrected chi connectivity index (χ0v) is 12.3. The molecule has 3 heterocycles. The average molecular weight is 309 g/mol. The molecule has 108 valence electrons. The number of imidazole rings is 1. The maximum atomic E-state index is 5.37. The van der Waals surface area contributed by atoms with Crippen molar-refractivity contribution in [3.8, 4) is 23.0 Å². The van der Waals surface area contributed by atoms with E-state index >= 15 is 0 Å². The highest BCUT2D eigenvalue weighted by Gasteiger charge is 2.27. The van der Waals surface area contributed by atoms with Gasteiger partial charge in [-0.25, -0.2) is 9.97 Å². The van der Waals surface area contributed by atoms with Crippen LogP contribution in [0.2, 0.25) is 0 Å². The topological polar surface area (TPSA) is 80.5 Å². The van der Waals surface area contributed by atoms with Crippen LogP contribution < -0.4 is 0 Å². The lowest BCUT2D eigenvalue weighted by molar-refractivity contribution is 0.431. The van der Waals surface area contributed by atoms with Gasteiger partial charge in [-0.3, -0.25) is 0 Å². The van der Waals surface area contributed by atoms with Gasteiger partial charge in [0, 0.05) is 16.9 Å². The summed E-state index contributed by atoms with van der Waals surface area (Å²) in [5.74, 6) is 1.68. The van der Waals surface area contributed by atoms with Crippen LogP contribution in [0.25, 0.3) is 34.0 Å². The van der Waals surface area contributed by atoms with Gasteiger partial charge in [0.05, 0.1) is 22.4 Å². The maximum absolute atomic E-state index is 5.37. The third-order valence-electron chi connectivity index (χ3n) is 3.77. The summed E-state index contributed by atoms with van der Waals surface area (Å²) in [6.45, 7) is 0. The number of H-pyrrole nitrogens is 1. The molecule has 0 radical (unpaired) electrons. The van der Waals surface area contributed by atoms with E-state index in [0.717, 1.165) is 22.3 Å². The molecule has 5 rings (SSSR count). The van der Waals surface area contributed by atoms with Gasteiger partial charge >= 0.3 is 0 Å². The number of rotatable bonds is 3. The molecule has 1 fully saturated rings. The number of nitrogens with one attached hydrogen (secondary N) is 1. The molecule has 3 aromatic heterocycles. The van der Waals surface area contributed by atoms with Gasteiger partial charge in [0.1, 0.15) is 5.69 Å². The van der Waals surface area contributed by atoms with Crippen LogP contribution in [0.5, 0.6) is 0 Å². The average Bonchev–Trinajstić information content (AvgIpc) is 3.00.